The van der Waals surface area contributed by atoms with Crippen LogP contribution in [0.2, 0.25) is 0 Å². The first-order valence-corrected chi connectivity index (χ1v) is 8.97. The van der Waals surface area contributed by atoms with E-state index in [4.69, 9.17) is 9.47 Å². The molecule has 0 radical (unpaired) electrons. The highest BCUT2D eigenvalue weighted by Crippen LogP contribution is 2.34. The van der Waals surface area contributed by atoms with E-state index in [1.165, 1.54) is 7.11 Å². The van der Waals surface area contributed by atoms with E-state index in [9.17, 15) is 9.59 Å². The van der Waals surface area contributed by atoms with Crippen LogP contribution in [-0.2, 0) is 9.53 Å². The average Bonchev–Trinajstić information content (AvgIpc) is 3.14. The van der Waals surface area contributed by atoms with E-state index >= 15 is 0 Å². The molecular weight excluding hydrogens is 334 g/mol. The first-order valence-electron chi connectivity index (χ1n) is 8.97. The Labute approximate surface area is 153 Å². The van der Waals surface area contributed by atoms with Crippen molar-refractivity contribution in [2.45, 2.75) is 25.8 Å². The summed E-state index contributed by atoms with van der Waals surface area (Å²) in [5.74, 6) is 0.187. The zero-order valence-corrected chi connectivity index (χ0v) is 15.2. The standard InChI is InChI=1S/C19H25N3O4/c1-3-26-15-9-5-4-8-13(15)17-16(18(23)25-2)14(20-19(24)21-17)12-22-10-6-7-11-22/h4-5,8-9,17H,3,6-7,10-12H2,1-2H3,(H2,20,21,24)/t17-/m0/s1. The Morgan fingerprint density at radius 1 is 1.27 bits per heavy atom. The number of amides is 2. The minimum atomic E-state index is -0.614. The summed E-state index contributed by atoms with van der Waals surface area (Å²) in [5, 5.41) is 5.65. The monoisotopic (exact) mass is 359 g/mol. The minimum absolute atomic E-state index is 0.330. The van der Waals surface area contributed by atoms with Crippen molar-refractivity contribution in [1.82, 2.24) is 15.5 Å². The van der Waals surface area contributed by atoms with Gasteiger partial charge in [0.25, 0.3) is 0 Å². The van der Waals surface area contributed by atoms with Gasteiger partial charge in [0, 0.05) is 17.8 Å². The third-order valence-electron chi connectivity index (χ3n) is 4.67. The number of esters is 1. The number of para-hydroxylation sites is 1. The Kier molecular flexibility index (Phi) is 5.78. The maximum absolute atomic E-state index is 12.6. The highest BCUT2D eigenvalue weighted by molar-refractivity contribution is 5.95. The number of ether oxygens (including phenoxy) is 2. The van der Waals surface area contributed by atoms with Gasteiger partial charge in [0.1, 0.15) is 5.75 Å². The summed E-state index contributed by atoms with van der Waals surface area (Å²) in [6, 6.07) is 6.48. The number of benzene rings is 1. The van der Waals surface area contributed by atoms with Crippen molar-refractivity contribution < 1.29 is 19.1 Å². The highest BCUT2D eigenvalue weighted by Gasteiger charge is 2.35. The first-order chi connectivity index (χ1) is 12.6. The number of nitrogens with zero attached hydrogens (tertiary/aromatic N) is 1. The fraction of sp³-hybridized carbons (Fsp3) is 0.474. The largest absolute Gasteiger partial charge is 0.494 e. The van der Waals surface area contributed by atoms with Gasteiger partial charge in [-0.1, -0.05) is 18.2 Å². The third-order valence-corrected chi connectivity index (χ3v) is 4.67. The second kappa shape index (κ2) is 8.23. The molecule has 0 spiro atoms. The SMILES string of the molecule is CCOc1ccccc1[C@@H]1NC(=O)NC(CN2CCCC2)=C1C(=O)OC. The molecule has 0 saturated carbocycles. The summed E-state index contributed by atoms with van der Waals surface area (Å²) < 4.78 is 10.7. The molecule has 7 heteroatoms. The zero-order chi connectivity index (χ0) is 18.5. The van der Waals surface area contributed by atoms with Crippen LogP contribution in [0.25, 0.3) is 0 Å². The van der Waals surface area contributed by atoms with E-state index in [-0.39, 0.29) is 6.03 Å². The smallest absolute Gasteiger partial charge is 0.338 e. The van der Waals surface area contributed by atoms with Crippen molar-refractivity contribution >= 4 is 12.0 Å². The molecule has 0 aromatic heterocycles. The van der Waals surface area contributed by atoms with Crippen molar-refractivity contribution in [3.8, 4) is 5.75 Å². The van der Waals surface area contributed by atoms with Crippen LogP contribution in [0.5, 0.6) is 5.75 Å². The minimum Gasteiger partial charge on any atom is -0.494 e. The van der Waals surface area contributed by atoms with Gasteiger partial charge in [0.15, 0.2) is 0 Å². The molecule has 1 aromatic rings. The molecular formula is C19H25N3O4. The molecule has 0 aliphatic carbocycles. The fourth-order valence-corrected chi connectivity index (χ4v) is 3.50. The van der Waals surface area contributed by atoms with Gasteiger partial charge >= 0.3 is 12.0 Å². The van der Waals surface area contributed by atoms with Gasteiger partial charge in [-0.25, -0.2) is 9.59 Å². The van der Waals surface area contributed by atoms with E-state index < -0.39 is 12.0 Å². The number of carbonyl (C=O) groups excluding carboxylic acids is 2. The lowest BCUT2D eigenvalue weighted by molar-refractivity contribution is -0.136. The second-order valence-corrected chi connectivity index (χ2v) is 6.37. The molecule has 2 amide bonds. The number of rotatable bonds is 6. The fourth-order valence-electron chi connectivity index (χ4n) is 3.50. The van der Waals surface area contributed by atoms with Gasteiger partial charge in [-0.15, -0.1) is 0 Å². The highest BCUT2D eigenvalue weighted by atomic mass is 16.5. The lowest BCUT2D eigenvalue weighted by Gasteiger charge is -2.31. The van der Waals surface area contributed by atoms with E-state index in [1.807, 2.05) is 31.2 Å². The van der Waals surface area contributed by atoms with Crippen molar-refractivity contribution in [2.24, 2.45) is 0 Å². The van der Waals surface area contributed by atoms with Crippen LogP contribution in [-0.4, -0.2) is 50.3 Å². The summed E-state index contributed by atoms with van der Waals surface area (Å²) in [6.45, 7) is 4.83. The first kappa shape index (κ1) is 18.3. The molecule has 0 bridgehead atoms. The lowest BCUT2D eigenvalue weighted by atomic mass is 9.94. The predicted octanol–water partition coefficient (Wildman–Crippen LogP) is 1.96. The summed E-state index contributed by atoms with van der Waals surface area (Å²) in [4.78, 5) is 27.1. The number of methoxy groups -OCH3 is 1. The summed E-state index contributed by atoms with van der Waals surface area (Å²) in [7, 11) is 1.35. The van der Waals surface area contributed by atoms with Crippen LogP contribution in [0, 0.1) is 0 Å². The number of carbonyl (C=O) groups is 2. The van der Waals surface area contributed by atoms with Crippen molar-refractivity contribution in [3.05, 3.63) is 41.1 Å². The predicted molar refractivity (Wildman–Crippen MR) is 96.7 cm³/mol. The van der Waals surface area contributed by atoms with E-state index in [0.717, 1.165) is 31.5 Å². The molecule has 1 aromatic carbocycles. The molecule has 140 valence electrons. The molecule has 2 aliphatic heterocycles. The molecule has 1 saturated heterocycles. The number of nitrogens with one attached hydrogen (secondary N) is 2. The summed E-state index contributed by atoms with van der Waals surface area (Å²) in [5.41, 5.74) is 1.76. The van der Waals surface area contributed by atoms with Gasteiger partial charge in [0.05, 0.1) is 25.3 Å². The van der Waals surface area contributed by atoms with Gasteiger partial charge in [0.2, 0.25) is 0 Å². The molecule has 7 nitrogen and oxygen atoms in total. The van der Waals surface area contributed by atoms with E-state index in [0.29, 0.717) is 30.2 Å². The Bertz CT molecular complexity index is 710. The number of hydrogen-bond acceptors (Lipinski definition) is 5. The van der Waals surface area contributed by atoms with Gasteiger partial charge < -0.3 is 20.1 Å². The number of urea groups is 1. The number of likely N-dealkylation sites (tertiary alicyclic amines) is 1. The van der Waals surface area contributed by atoms with Crippen LogP contribution in [0.3, 0.4) is 0 Å². The van der Waals surface area contributed by atoms with Crippen LogP contribution in [0.4, 0.5) is 4.79 Å². The Balaban J connectivity index is 2.03. The Morgan fingerprint density at radius 2 is 2.00 bits per heavy atom. The van der Waals surface area contributed by atoms with Gasteiger partial charge in [-0.3, -0.25) is 4.90 Å². The Morgan fingerprint density at radius 3 is 2.69 bits per heavy atom. The van der Waals surface area contributed by atoms with E-state index in [1.54, 1.807) is 0 Å². The maximum Gasteiger partial charge on any atom is 0.338 e. The summed E-state index contributed by atoms with van der Waals surface area (Å²) in [6.07, 6.45) is 2.26. The topological polar surface area (TPSA) is 79.9 Å². The molecule has 0 unspecified atom stereocenters. The molecule has 2 N–H and O–H groups in total. The lowest BCUT2D eigenvalue weighted by Crippen LogP contribution is -2.48. The maximum atomic E-state index is 12.6. The third kappa shape index (κ3) is 3.83. The molecule has 2 aliphatic rings. The second-order valence-electron chi connectivity index (χ2n) is 6.37. The van der Waals surface area contributed by atoms with Gasteiger partial charge in [-0.05, 0) is 38.9 Å². The van der Waals surface area contributed by atoms with Crippen LogP contribution in [0.1, 0.15) is 31.4 Å². The average molecular weight is 359 g/mol. The van der Waals surface area contributed by atoms with Crippen molar-refractivity contribution in [2.75, 3.05) is 33.4 Å². The van der Waals surface area contributed by atoms with Crippen molar-refractivity contribution in [1.29, 1.82) is 0 Å². The van der Waals surface area contributed by atoms with Crippen LogP contribution >= 0.6 is 0 Å². The molecule has 26 heavy (non-hydrogen) atoms. The van der Waals surface area contributed by atoms with Crippen LogP contribution < -0.4 is 15.4 Å². The van der Waals surface area contributed by atoms with Gasteiger partial charge in [-0.2, -0.15) is 0 Å². The molecule has 1 atom stereocenters. The normalized spacial score (nSPS) is 20.5. The Hall–Kier alpha value is -2.54. The quantitative estimate of drug-likeness (QED) is 0.759. The van der Waals surface area contributed by atoms with Crippen LogP contribution in [0.15, 0.2) is 35.5 Å². The van der Waals surface area contributed by atoms with Crippen molar-refractivity contribution in [3.63, 3.8) is 0 Å². The van der Waals surface area contributed by atoms with E-state index in [2.05, 4.69) is 15.5 Å². The molecule has 2 heterocycles. The summed E-state index contributed by atoms with van der Waals surface area (Å²) >= 11 is 0. The zero-order valence-electron chi connectivity index (χ0n) is 15.2. The molecule has 1 fully saturated rings. The number of hydrogen-bond donors (Lipinski definition) is 2. The molecule has 3 rings (SSSR count).